The van der Waals surface area contributed by atoms with Crippen LogP contribution >= 0.6 is 11.8 Å². The average Bonchev–Trinajstić information content (AvgIpc) is 2.28. The van der Waals surface area contributed by atoms with Crippen LogP contribution in [-0.2, 0) is 0 Å². The first-order valence-electron chi connectivity index (χ1n) is 5.24. The van der Waals surface area contributed by atoms with Crippen molar-refractivity contribution in [2.24, 2.45) is 0 Å². The highest BCUT2D eigenvalue weighted by atomic mass is 32.2. The van der Waals surface area contributed by atoms with Crippen molar-refractivity contribution in [2.75, 3.05) is 12.8 Å². The summed E-state index contributed by atoms with van der Waals surface area (Å²) in [6.07, 6.45) is 2.20. The molecule has 0 aliphatic rings. The fraction of sp³-hybridized carbons (Fsp3) is 0.417. The van der Waals surface area contributed by atoms with E-state index < -0.39 is 0 Å². The van der Waals surface area contributed by atoms with Crippen LogP contribution in [0, 0.1) is 0 Å². The van der Waals surface area contributed by atoms with Crippen LogP contribution < -0.4 is 5.32 Å². The molecule has 0 saturated carbocycles. The third kappa shape index (κ3) is 4.24. The van der Waals surface area contributed by atoms with Gasteiger partial charge < -0.3 is 10.4 Å². The van der Waals surface area contributed by atoms with E-state index in [1.807, 2.05) is 30.5 Å². The molecule has 1 aromatic carbocycles. The maximum atomic E-state index is 11.6. The molecule has 1 amide bonds. The smallest absolute Gasteiger partial charge is 0.251 e. The summed E-state index contributed by atoms with van der Waals surface area (Å²) in [4.78, 5) is 12.8. The minimum atomic E-state index is -0.376. The average molecular weight is 239 g/mol. The van der Waals surface area contributed by atoms with Crippen LogP contribution in [0.4, 0.5) is 0 Å². The number of rotatable bonds is 5. The molecule has 1 unspecified atom stereocenters. The highest BCUT2D eigenvalue weighted by Gasteiger charge is 2.04. The lowest BCUT2D eigenvalue weighted by Crippen LogP contribution is -2.26. The maximum Gasteiger partial charge on any atom is 0.251 e. The van der Waals surface area contributed by atoms with E-state index in [2.05, 4.69) is 5.32 Å². The van der Waals surface area contributed by atoms with Crippen molar-refractivity contribution in [3.8, 4) is 0 Å². The molecule has 1 rings (SSSR count). The number of carbonyl (C=O) groups is 1. The third-order valence-electron chi connectivity index (χ3n) is 2.20. The Bertz CT molecular complexity index is 335. The summed E-state index contributed by atoms with van der Waals surface area (Å²) in [6, 6.07) is 7.47. The van der Waals surface area contributed by atoms with Crippen molar-refractivity contribution in [3.05, 3.63) is 29.8 Å². The van der Waals surface area contributed by atoms with Gasteiger partial charge in [0, 0.05) is 17.0 Å². The summed E-state index contributed by atoms with van der Waals surface area (Å²) in [5, 5.41) is 11.8. The Morgan fingerprint density at radius 2 is 2.06 bits per heavy atom. The first-order chi connectivity index (χ1) is 7.63. The minimum absolute atomic E-state index is 0.0895. The normalized spacial score (nSPS) is 12.2. The van der Waals surface area contributed by atoms with Crippen LogP contribution in [0.1, 0.15) is 23.7 Å². The zero-order chi connectivity index (χ0) is 12.0. The van der Waals surface area contributed by atoms with Crippen molar-refractivity contribution in [1.82, 2.24) is 5.32 Å². The van der Waals surface area contributed by atoms with Crippen LogP contribution in [0.3, 0.4) is 0 Å². The van der Waals surface area contributed by atoms with Crippen molar-refractivity contribution < 1.29 is 9.90 Å². The highest BCUT2D eigenvalue weighted by Crippen LogP contribution is 2.14. The van der Waals surface area contributed by atoms with E-state index in [0.717, 1.165) is 4.90 Å². The second-order valence-electron chi connectivity index (χ2n) is 3.62. The second-order valence-corrected chi connectivity index (χ2v) is 4.50. The van der Waals surface area contributed by atoms with E-state index in [1.54, 1.807) is 18.7 Å². The molecule has 3 nitrogen and oxygen atoms in total. The number of carbonyl (C=O) groups excluding carboxylic acids is 1. The van der Waals surface area contributed by atoms with Gasteiger partial charge in [0.1, 0.15) is 0 Å². The standard InChI is InChI=1S/C12H17NO2S/c1-9(14)7-8-13-12(15)10-3-5-11(16-2)6-4-10/h3-6,9,14H,7-8H2,1-2H3,(H,13,15). The molecule has 1 atom stereocenters. The Labute approximate surface area is 100 Å². The van der Waals surface area contributed by atoms with Crippen molar-refractivity contribution in [2.45, 2.75) is 24.3 Å². The molecule has 0 aliphatic carbocycles. The van der Waals surface area contributed by atoms with Gasteiger partial charge in [0.25, 0.3) is 5.91 Å². The lowest BCUT2D eigenvalue weighted by Gasteiger charge is -2.07. The first-order valence-corrected chi connectivity index (χ1v) is 6.46. The molecule has 0 saturated heterocycles. The predicted molar refractivity (Wildman–Crippen MR) is 66.9 cm³/mol. The summed E-state index contributed by atoms with van der Waals surface area (Å²) in [5.41, 5.74) is 0.656. The molecule has 2 N–H and O–H groups in total. The van der Waals surface area contributed by atoms with Gasteiger partial charge in [0.15, 0.2) is 0 Å². The van der Waals surface area contributed by atoms with Gasteiger partial charge >= 0.3 is 0 Å². The van der Waals surface area contributed by atoms with Crippen molar-refractivity contribution in [3.63, 3.8) is 0 Å². The van der Waals surface area contributed by atoms with E-state index in [9.17, 15) is 4.79 Å². The zero-order valence-electron chi connectivity index (χ0n) is 9.56. The van der Waals surface area contributed by atoms with Gasteiger partial charge in [0.05, 0.1) is 6.10 Å². The number of hydrogen-bond donors (Lipinski definition) is 2. The molecule has 88 valence electrons. The lowest BCUT2D eigenvalue weighted by atomic mass is 10.2. The predicted octanol–water partition coefficient (Wildman–Crippen LogP) is 1.91. The Morgan fingerprint density at radius 1 is 1.44 bits per heavy atom. The Morgan fingerprint density at radius 3 is 2.56 bits per heavy atom. The second kappa shape index (κ2) is 6.55. The number of amides is 1. The topological polar surface area (TPSA) is 49.3 Å². The number of aliphatic hydroxyl groups is 1. The van der Waals surface area contributed by atoms with Gasteiger partial charge in [-0.1, -0.05) is 0 Å². The summed E-state index contributed by atoms with van der Waals surface area (Å²) < 4.78 is 0. The molecule has 0 radical (unpaired) electrons. The number of nitrogens with one attached hydrogen (secondary N) is 1. The number of hydrogen-bond acceptors (Lipinski definition) is 3. The molecule has 0 spiro atoms. The first kappa shape index (κ1) is 13.1. The monoisotopic (exact) mass is 239 g/mol. The van der Waals surface area contributed by atoms with Gasteiger partial charge in [-0.3, -0.25) is 4.79 Å². The van der Waals surface area contributed by atoms with E-state index in [0.29, 0.717) is 18.5 Å². The molecule has 4 heteroatoms. The summed E-state index contributed by atoms with van der Waals surface area (Å²) >= 11 is 1.65. The fourth-order valence-electron chi connectivity index (χ4n) is 1.24. The Balaban J connectivity index is 2.46. The van der Waals surface area contributed by atoms with Gasteiger partial charge in [-0.2, -0.15) is 0 Å². The minimum Gasteiger partial charge on any atom is -0.393 e. The Hall–Kier alpha value is -1.00. The summed E-state index contributed by atoms with van der Waals surface area (Å²) in [5.74, 6) is -0.0895. The van der Waals surface area contributed by atoms with Crippen LogP contribution in [0.25, 0.3) is 0 Å². The van der Waals surface area contributed by atoms with E-state index in [-0.39, 0.29) is 12.0 Å². The van der Waals surface area contributed by atoms with Gasteiger partial charge in [0.2, 0.25) is 0 Å². The molecular formula is C12H17NO2S. The van der Waals surface area contributed by atoms with Crippen LogP contribution in [0.15, 0.2) is 29.2 Å². The molecule has 0 aromatic heterocycles. The van der Waals surface area contributed by atoms with Gasteiger partial charge in [-0.15, -0.1) is 11.8 Å². The summed E-state index contributed by atoms with van der Waals surface area (Å²) in [7, 11) is 0. The summed E-state index contributed by atoms with van der Waals surface area (Å²) in [6.45, 7) is 2.21. The van der Waals surface area contributed by atoms with Crippen LogP contribution in [-0.4, -0.2) is 29.9 Å². The number of aliphatic hydroxyl groups excluding tert-OH is 1. The molecule has 0 bridgehead atoms. The van der Waals surface area contributed by atoms with E-state index >= 15 is 0 Å². The fourth-order valence-corrected chi connectivity index (χ4v) is 1.65. The molecule has 0 heterocycles. The zero-order valence-corrected chi connectivity index (χ0v) is 10.4. The van der Waals surface area contributed by atoms with Crippen LogP contribution in [0.5, 0.6) is 0 Å². The largest absolute Gasteiger partial charge is 0.393 e. The number of benzene rings is 1. The molecular weight excluding hydrogens is 222 g/mol. The van der Waals surface area contributed by atoms with Crippen molar-refractivity contribution >= 4 is 17.7 Å². The third-order valence-corrected chi connectivity index (χ3v) is 2.94. The van der Waals surface area contributed by atoms with E-state index in [1.165, 1.54) is 0 Å². The molecule has 0 aliphatic heterocycles. The van der Waals surface area contributed by atoms with Gasteiger partial charge in [-0.05, 0) is 43.9 Å². The quantitative estimate of drug-likeness (QED) is 0.772. The Kier molecular flexibility index (Phi) is 5.35. The van der Waals surface area contributed by atoms with Crippen LogP contribution in [0.2, 0.25) is 0 Å². The van der Waals surface area contributed by atoms with Crippen molar-refractivity contribution in [1.29, 1.82) is 0 Å². The SMILES string of the molecule is CSc1ccc(C(=O)NCCC(C)O)cc1. The van der Waals surface area contributed by atoms with E-state index in [4.69, 9.17) is 5.11 Å². The number of thioether (sulfide) groups is 1. The maximum absolute atomic E-state index is 11.6. The van der Waals surface area contributed by atoms with Gasteiger partial charge in [-0.25, -0.2) is 0 Å². The lowest BCUT2D eigenvalue weighted by molar-refractivity contribution is 0.0945. The molecule has 0 fully saturated rings. The molecule has 1 aromatic rings. The highest BCUT2D eigenvalue weighted by molar-refractivity contribution is 7.98. The molecule has 16 heavy (non-hydrogen) atoms.